The number of phenols is 1. The van der Waals surface area contributed by atoms with Crippen molar-refractivity contribution in [1.82, 2.24) is 5.32 Å². The number of carbonyl (C=O) groups is 2. The highest BCUT2D eigenvalue weighted by atomic mass is 16.3. The van der Waals surface area contributed by atoms with Gasteiger partial charge >= 0.3 is 0 Å². The number of carbonyl (C=O) groups excluding carboxylic acids is 2. The van der Waals surface area contributed by atoms with Gasteiger partial charge in [-0.3, -0.25) is 9.59 Å². The van der Waals surface area contributed by atoms with E-state index in [1.165, 1.54) is 18.2 Å². The predicted molar refractivity (Wildman–Crippen MR) is 80.3 cm³/mol. The van der Waals surface area contributed by atoms with Crippen LogP contribution in [0.5, 0.6) is 5.75 Å². The molecular formula is C17H13NO4. The maximum atomic E-state index is 12.1. The first-order valence-corrected chi connectivity index (χ1v) is 6.71. The van der Waals surface area contributed by atoms with Crippen LogP contribution in [0, 0.1) is 0 Å². The lowest BCUT2D eigenvalue weighted by Crippen LogP contribution is -2.31. The molecule has 1 aliphatic rings. The second-order valence-electron chi connectivity index (χ2n) is 4.95. The molecule has 0 atom stereocenters. The van der Waals surface area contributed by atoms with Crippen molar-refractivity contribution in [3.63, 3.8) is 0 Å². The smallest absolute Gasteiger partial charge is 0.253 e. The first-order valence-electron chi connectivity index (χ1n) is 6.71. The number of phenolic OH excluding ortho intramolecular Hbond substituents is 1. The molecule has 110 valence electrons. The van der Waals surface area contributed by atoms with Crippen molar-refractivity contribution in [3.8, 4) is 5.75 Å². The van der Waals surface area contributed by atoms with Crippen molar-refractivity contribution in [2.24, 2.45) is 0 Å². The van der Waals surface area contributed by atoms with Crippen molar-refractivity contribution in [2.75, 3.05) is 0 Å². The zero-order valence-electron chi connectivity index (χ0n) is 11.5. The number of aliphatic hydroxyl groups excluding tert-OH is 1. The lowest BCUT2D eigenvalue weighted by atomic mass is 9.91. The summed E-state index contributed by atoms with van der Waals surface area (Å²) in [6.45, 7) is 0.251. The van der Waals surface area contributed by atoms with Gasteiger partial charge in [0.1, 0.15) is 11.4 Å². The van der Waals surface area contributed by atoms with Crippen LogP contribution in [0.3, 0.4) is 0 Å². The molecule has 5 heteroatoms. The molecule has 2 aromatic rings. The summed E-state index contributed by atoms with van der Waals surface area (Å²) in [5, 5.41) is 22.3. The van der Waals surface area contributed by atoms with Crippen molar-refractivity contribution < 1.29 is 19.8 Å². The number of hydrogen-bond acceptors (Lipinski definition) is 5. The van der Waals surface area contributed by atoms with Gasteiger partial charge in [0.05, 0.1) is 0 Å². The Bertz CT molecular complexity index is 791. The number of nitrogens with one attached hydrogen (secondary N) is 1. The summed E-state index contributed by atoms with van der Waals surface area (Å²) in [6, 6.07) is 12.9. The molecule has 3 rings (SSSR count). The summed E-state index contributed by atoms with van der Waals surface area (Å²) in [4.78, 5) is 24.2. The van der Waals surface area contributed by atoms with Crippen LogP contribution in [-0.4, -0.2) is 21.8 Å². The van der Waals surface area contributed by atoms with Crippen LogP contribution in [0.25, 0.3) is 5.76 Å². The molecule has 0 saturated heterocycles. The van der Waals surface area contributed by atoms with E-state index in [9.17, 15) is 19.8 Å². The second-order valence-corrected chi connectivity index (χ2v) is 4.95. The van der Waals surface area contributed by atoms with E-state index in [0.29, 0.717) is 5.56 Å². The summed E-state index contributed by atoms with van der Waals surface area (Å²) in [5.41, 5.74) is 1.26. The summed E-state index contributed by atoms with van der Waals surface area (Å²) in [6.07, 6.45) is 0. The molecule has 0 unspecified atom stereocenters. The molecule has 0 heterocycles. The van der Waals surface area contributed by atoms with E-state index >= 15 is 0 Å². The highest BCUT2D eigenvalue weighted by Gasteiger charge is 2.32. The SMILES string of the molecule is O=C1C(=O)c2ccccc2C(O)=C1NCc1ccc(O)cc1. The topological polar surface area (TPSA) is 86.6 Å². The minimum absolute atomic E-state index is 0.100. The number of hydrogen-bond donors (Lipinski definition) is 3. The second kappa shape index (κ2) is 5.37. The Balaban J connectivity index is 1.91. The van der Waals surface area contributed by atoms with Gasteiger partial charge in [0.15, 0.2) is 5.76 Å². The number of ketones is 2. The molecule has 0 radical (unpaired) electrons. The van der Waals surface area contributed by atoms with Gasteiger partial charge in [-0.2, -0.15) is 0 Å². The minimum Gasteiger partial charge on any atom is -0.508 e. The highest BCUT2D eigenvalue weighted by Crippen LogP contribution is 2.26. The average Bonchev–Trinajstić information content (AvgIpc) is 2.54. The van der Waals surface area contributed by atoms with E-state index in [1.54, 1.807) is 30.3 Å². The summed E-state index contributed by atoms with van der Waals surface area (Å²) >= 11 is 0. The van der Waals surface area contributed by atoms with Gasteiger partial charge in [0.25, 0.3) is 5.78 Å². The quantitative estimate of drug-likeness (QED) is 0.755. The zero-order valence-corrected chi connectivity index (χ0v) is 11.5. The van der Waals surface area contributed by atoms with Crippen LogP contribution in [0.4, 0.5) is 0 Å². The van der Waals surface area contributed by atoms with Gasteiger partial charge in [-0.1, -0.05) is 36.4 Å². The van der Waals surface area contributed by atoms with Crippen LogP contribution in [0.15, 0.2) is 54.2 Å². The van der Waals surface area contributed by atoms with Crippen LogP contribution >= 0.6 is 0 Å². The maximum absolute atomic E-state index is 12.1. The van der Waals surface area contributed by atoms with E-state index in [0.717, 1.165) is 5.56 Å². The van der Waals surface area contributed by atoms with Crippen LogP contribution in [-0.2, 0) is 11.3 Å². The molecule has 0 aromatic heterocycles. The van der Waals surface area contributed by atoms with Gasteiger partial charge in [-0.15, -0.1) is 0 Å². The summed E-state index contributed by atoms with van der Waals surface area (Å²) in [7, 11) is 0. The number of aromatic hydroxyl groups is 1. The Morgan fingerprint density at radius 3 is 2.14 bits per heavy atom. The van der Waals surface area contributed by atoms with Crippen LogP contribution < -0.4 is 5.32 Å². The zero-order chi connectivity index (χ0) is 15.7. The highest BCUT2D eigenvalue weighted by molar-refractivity contribution is 6.52. The molecule has 0 fully saturated rings. The lowest BCUT2D eigenvalue weighted by Gasteiger charge is -2.18. The van der Waals surface area contributed by atoms with Crippen molar-refractivity contribution >= 4 is 17.3 Å². The van der Waals surface area contributed by atoms with E-state index in [2.05, 4.69) is 5.32 Å². The summed E-state index contributed by atoms with van der Waals surface area (Å²) in [5.74, 6) is -1.47. The van der Waals surface area contributed by atoms with Crippen LogP contribution in [0.2, 0.25) is 0 Å². The Morgan fingerprint density at radius 1 is 0.818 bits per heavy atom. The molecule has 5 nitrogen and oxygen atoms in total. The fourth-order valence-electron chi connectivity index (χ4n) is 2.33. The number of allylic oxidation sites excluding steroid dienone is 1. The van der Waals surface area contributed by atoms with Crippen LogP contribution in [0.1, 0.15) is 21.5 Å². The Hall–Kier alpha value is -3.08. The number of aliphatic hydroxyl groups is 1. The van der Waals surface area contributed by atoms with Gasteiger partial charge in [0, 0.05) is 17.7 Å². The normalized spacial score (nSPS) is 14.0. The number of benzene rings is 2. The van der Waals surface area contributed by atoms with Gasteiger partial charge < -0.3 is 15.5 Å². The molecule has 0 amide bonds. The first kappa shape index (κ1) is 13.9. The van der Waals surface area contributed by atoms with E-state index < -0.39 is 11.6 Å². The van der Waals surface area contributed by atoms with Crippen molar-refractivity contribution in [3.05, 3.63) is 70.9 Å². The largest absolute Gasteiger partial charge is 0.508 e. The number of Topliss-reactive ketones (excluding diaryl/α,β-unsaturated/α-hetero) is 2. The fraction of sp³-hybridized carbons (Fsp3) is 0.0588. The predicted octanol–water partition coefficient (Wildman–Crippen LogP) is 2.17. The Kier molecular flexibility index (Phi) is 3.39. The van der Waals surface area contributed by atoms with Crippen molar-refractivity contribution in [2.45, 2.75) is 6.54 Å². The molecule has 3 N–H and O–H groups in total. The number of rotatable bonds is 3. The number of fused-ring (bicyclic) bond motifs is 1. The first-order chi connectivity index (χ1) is 10.6. The van der Waals surface area contributed by atoms with Gasteiger partial charge in [-0.25, -0.2) is 0 Å². The third-order valence-electron chi connectivity index (χ3n) is 3.50. The molecular weight excluding hydrogens is 282 g/mol. The van der Waals surface area contributed by atoms with Crippen molar-refractivity contribution in [1.29, 1.82) is 0 Å². The molecule has 0 spiro atoms. The molecule has 2 aromatic carbocycles. The average molecular weight is 295 g/mol. The minimum atomic E-state index is -0.755. The van der Waals surface area contributed by atoms with E-state index in [-0.39, 0.29) is 29.3 Å². The standard InChI is InChI=1S/C17H13NO4/c19-11-7-5-10(6-8-11)9-18-14-15(20)12-3-1-2-4-13(12)16(21)17(14)22/h1-8,18-20H,9H2. The summed E-state index contributed by atoms with van der Waals surface area (Å²) < 4.78 is 0. The molecule has 0 aliphatic heterocycles. The molecule has 0 saturated carbocycles. The fourth-order valence-corrected chi connectivity index (χ4v) is 2.33. The third kappa shape index (κ3) is 2.33. The molecule has 0 bridgehead atoms. The molecule has 22 heavy (non-hydrogen) atoms. The maximum Gasteiger partial charge on any atom is 0.253 e. The Morgan fingerprint density at radius 2 is 1.45 bits per heavy atom. The van der Waals surface area contributed by atoms with E-state index in [1.807, 2.05) is 0 Å². The van der Waals surface area contributed by atoms with Gasteiger partial charge in [-0.05, 0) is 17.7 Å². The monoisotopic (exact) mass is 295 g/mol. The van der Waals surface area contributed by atoms with Gasteiger partial charge in [0.2, 0.25) is 5.78 Å². The Labute approximate surface area is 126 Å². The molecule has 1 aliphatic carbocycles. The van der Waals surface area contributed by atoms with E-state index in [4.69, 9.17) is 0 Å². The lowest BCUT2D eigenvalue weighted by molar-refractivity contribution is -0.112. The third-order valence-corrected chi connectivity index (χ3v) is 3.50.